The fourth-order valence-corrected chi connectivity index (χ4v) is 11.4. The first-order valence-electron chi connectivity index (χ1n) is 29.6. The Balaban J connectivity index is 1.42. The second kappa shape index (κ2) is 30.5. The lowest BCUT2D eigenvalue weighted by molar-refractivity contribution is -0.157. The van der Waals surface area contributed by atoms with E-state index in [1.165, 1.54) is 14.8 Å². The summed E-state index contributed by atoms with van der Waals surface area (Å²) < 4.78 is 0. The molecule has 4 aliphatic heterocycles. The zero-order chi connectivity index (χ0) is 60.7. The summed E-state index contributed by atoms with van der Waals surface area (Å²) in [5, 5.41) is 19.0. The summed E-state index contributed by atoms with van der Waals surface area (Å²) in [5.74, 6) is -1.23. The molecule has 24 nitrogen and oxygen atoms in total. The monoisotopic (exact) mass is 1150 g/mol. The Labute approximate surface area is 487 Å². The van der Waals surface area contributed by atoms with Gasteiger partial charge in [-0.05, 0) is 113 Å². The topological polar surface area (TPSA) is 346 Å². The van der Waals surface area contributed by atoms with E-state index < -0.39 is 137 Å². The summed E-state index contributed by atoms with van der Waals surface area (Å²) in [6.45, 7) is 12.9. The third-order valence-corrected chi connectivity index (χ3v) is 16.0. The molecular formula is C59H90N14O10. The number of hydrogen-bond acceptors (Lipinski definition) is 14. The van der Waals surface area contributed by atoms with Gasteiger partial charge in [0.05, 0.1) is 0 Å². The maximum atomic E-state index is 15.2. The smallest absolute Gasteiger partial charge is 0.260 e. The lowest BCUT2D eigenvalue weighted by Gasteiger charge is -2.42. The Morgan fingerprint density at radius 2 is 0.952 bits per heavy atom. The van der Waals surface area contributed by atoms with Crippen LogP contribution in [0.5, 0.6) is 0 Å². The summed E-state index contributed by atoms with van der Waals surface area (Å²) in [6, 6.07) is 5.25. The molecule has 10 amide bonds. The lowest BCUT2D eigenvalue weighted by atomic mass is 9.98. The van der Waals surface area contributed by atoms with Gasteiger partial charge in [0.1, 0.15) is 60.4 Å². The molecule has 4 saturated heterocycles. The standard InChI is InChI=1S/C59H90N14O10/c1-34(2)30-42-56(80)72(62)46(32-38-18-10-8-11-19-38)58(82)70-28-16-24-44(70)52(76)67-48(35(3)4)55(79)64-41(23-15-27-61)51(75)66-43-31-37(7)69-73(57(43)81)47(33-39-20-12-9-13-21-39)59(83)71-29-17-25-45(71)53(77)68-49(36(5)6)54(78)63-40(22-14-26-60)50(74)65-42/h8-13,18-21,34-37,40-49,69H,14-17,22-33,60-62H2,1-7H3,(H,63,78)(H,64,79)(H,65,74)(H,66,75)(H,67,76)(H,68,77)/t37?,40-,41-,42?,43?,44-,45-,46+,47+,48-,49-/m0/s1. The molecule has 11 atom stereocenters. The molecule has 3 unspecified atom stereocenters. The predicted molar refractivity (Wildman–Crippen MR) is 310 cm³/mol. The first kappa shape index (κ1) is 65.1. The molecule has 0 radical (unpaired) electrons. The van der Waals surface area contributed by atoms with Crippen LogP contribution in [0, 0.1) is 17.8 Å². The third kappa shape index (κ3) is 17.1. The van der Waals surface area contributed by atoms with Crippen molar-refractivity contribution in [3.8, 4) is 0 Å². The van der Waals surface area contributed by atoms with Crippen molar-refractivity contribution in [1.82, 2.24) is 57.1 Å². The van der Waals surface area contributed by atoms with Crippen LogP contribution in [0.15, 0.2) is 60.7 Å². The highest BCUT2D eigenvalue weighted by Crippen LogP contribution is 2.26. The number of benzene rings is 2. The van der Waals surface area contributed by atoms with Crippen LogP contribution in [0.3, 0.4) is 0 Å². The highest BCUT2D eigenvalue weighted by atomic mass is 16.2. The molecular weight excluding hydrogens is 1060 g/mol. The average Bonchev–Trinajstić information content (AvgIpc) is 4.23. The van der Waals surface area contributed by atoms with E-state index in [9.17, 15) is 38.4 Å². The minimum atomic E-state index is -1.39. The Hall–Kier alpha value is -7.02. The molecule has 4 aliphatic rings. The summed E-state index contributed by atoms with van der Waals surface area (Å²) in [6.07, 6.45) is 2.07. The van der Waals surface area contributed by atoms with Gasteiger partial charge in [0.25, 0.3) is 11.8 Å². The molecule has 2 bridgehead atoms. The van der Waals surface area contributed by atoms with Gasteiger partial charge < -0.3 is 53.2 Å². The minimum absolute atomic E-state index is 0.0192. The van der Waals surface area contributed by atoms with E-state index in [1.807, 2.05) is 32.0 Å². The summed E-state index contributed by atoms with van der Waals surface area (Å²) >= 11 is 0. The molecule has 13 N–H and O–H groups in total. The van der Waals surface area contributed by atoms with Gasteiger partial charge in [-0.1, -0.05) is 102 Å². The van der Waals surface area contributed by atoms with Crippen molar-refractivity contribution in [2.24, 2.45) is 35.1 Å². The molecule has 0 spiro atoms. The lowest BCUT2D eigenvalue weighted by Crippen LogP contribution is -2.68. The van der Waals surface area contributed by atoms with Crippen LogP contribution in [-0.2, 0) is 60.8 Å². The van der Waals surface area contributed by atoms with Crippen molar-refractivity contribution < 1.29 is 47.9 Å². The minimum Gasteiger partial charge on any atom is -0.343 e. The van der Waals surface area contributed by atoms with Gasteiger partial charge in [-0.3, -0.25) is 58.0 Å². The van der Waals surface area contributed by atoms with Crippen LogP contribution in [0.4, 0.5) is 0 Å². The van der Waals surface area contributed by atoms with Gasteiger partial charge in [-0.15, -0.1) is 0 Å². The normalized spacial score (nSPS) is 28.1. The number of hydrogen-bond donors (Lipinski definition) is 10. The van der Waals surface area contributed by atoms with Crippen molar-refractivity contribution in [3.05, 3.63) is 71.8 Å². The molecule has 83 heavy (non-hydrogen) atoms. The molecule has 0 aromatic heterocycles. The number of nitrogens with zero attached hydrogens (tertiary/aromatic N) is 4. The number of rotatable bonds is 14. The Kier molecular flexibility index (Phi) is 23.9. The van der Waals surface area contributed by atoms with Crippen molar-refractivity contribution >= 4 is 59.1 Å². The van der Waals surface area contributed by atoms with Crippen molar-refractivity contribution in [3.63, 3.8) is 0 Å². The summed E-state index contributed by atoms with van der Waals surface area (Å²) in [4.78, 5) is 150. The van der Waals surface area contributed by atoms with E-state index in [2.05, 4.69) is 37.3 Å². The number of amides is 10. The molecule has 6 rings (SSSR count). The highest BCUT2D eigenvalue weighted by Gasteiger charge is 2.47. The van der Waals surface area contributed by atoms with Gasteiger partial charge in [0.2, 0.25) is 47.3 Å². The van der Waals surface area contributed by atoms with Crippen LogP contribution in [-0.4, -0.2) is 172 Å². The summed E-state index contributed by atoms with van der Waals surface area (Å²) in [5.41, 5.74) is 16.4. The van der Waals surface area contributed by atoms with E-state index in [4.69, 9.17) is 17.3 Å². The fourth-order valence-electron chi connectivity index (χ4n) is 11.4. The zero-order valence-corrected chi connectivity index (χ0v) is 49.3. The predicted octanol–water partition coefficient (Wildman–Crippen LogP) is -0.223. The second-order valence-electron chi connectivity index (χ2n) is 23.7. The zero-order valence-electron chi connectivity index (χ0n) is 49.3. The quantitative estimate of drug-likeness (QED) is 0.0864. The van der Waals surface area contributed by atoms with Crippen molar-refractivity contribution in [2.75, 3.05) is 26.2 Å². The van der Waals surface area contributed by atoms with Crippen molar-refractivity contribution in [1.29, 1.82) is 0 Å². The number of carbonyl (C=O) groups is 10. The number of nitrogens with one attached hydrogen (secondary N) is 7. The van der Waals surface area contributed by atoms with Crippen LogP contribution in [0.2, 0.25) is 0 Å². The first-order valence-corrected chi connectivity index (χ1v) is 29.6. The molecule has 0 aliphatic carbocycles. The van der Waals surface area contributed by atoms with Crippen LogP contribution >= 0.6 is 0 Å². The molecule has 4 heterocycles. The van der Waals surface area contributed by atoms with E-state index in [0.717, 1.165) is 5.01 Å². The molecule has 2 aromatic rings. The molecule has 0 saturated carbocycles. The van der Waals surface area contributed by atoms with E-state index >= 15 is 9.59 Å². The Morgan fingerprint density at radius 3 is 1.40 bits per heavy atom. The van der Waals surface area contributed by atoms with E-state index in [-0.39, 0.29) is 89.9 Å². The maximum Gasteiger partial charge on any atom is 0.260 e. The van der Waals surface area contributed by atoms with Gasteiger partial charge in [-0.25, -0.2) is 11.3 Å². The third-order valence-electron chi connectivity index (χ3n) is 16.0. The summed E-state index contributed by atoms with van der Waals surface area (Å²) in [7, 11) is 0. The average molecular weight is 1160 g/mol. The molecule has 456 valence electrons. The van der Waals surface area contributed by atoms with Gasteiger partial charge in [0, 0.05) is 32.0 Å². The molecule has 24 heteroatoms. The first-order chi connectivity index (χ1) is 39.5. The van der Waals surface area contributed by atoms with Gasteiger partial charge >= 0.3 is 0 Å². The van der Waals surface area contributed by atoms with Crippen molar-refractivity contribution in [2.45, 2.75) is 192 Å². The number of hydrazine groups is 2. The molecule has 2 aromatic carbocycles. The van der Waals surface area contributed by atoms with E-state index in [0.29, 0.717) is 30.4 Å². The Morgan fingerprint density at radius 1 is 0.518 bits per heavy atom. The maximum absolute atomic E-state index is 15.2. The SMILES string of the molecule is CC(C)CC1NC(=O)[C@H](CCCN)NC(=O)[C@H](C(C)C)NC(=O)[C@@H]2CCCN2C(=O)[C@@H](Cc2ccccc2)N2NC(C)CC(NC(=O)[C@H](CCCN)NC(=O)[C@H](C(C)C)NC(=O)[C@@H]3CCCN3C(=O)[C@@H](Cc3ccccc3)N(N)C1=O)C2=O. The van der Waals surface area contributed by atoms with Crippen LogP contribution in [0.25, 0.3) is 0 Å². The number of carbonyl (C=O) groups excluding carboxylic acids is 10. The fraction of sp³-hybridized carbons (Fsp3) is 0.627. The number of fused-ring (bicyclic) bond motifs is 4. The highest BCUT2D eigenvalue weighted by molar-refractivity contribution is 6.00. The van der Waals surface area contributed by atoms with E-state index in [1.54, 1.807) is 77.1 Å². The second-order valence-corrected chi connectivity index (χ2v) is 23.7. The van der Waals surface area contributed by atoms with Crippen LogP contribution in [0.1, 0.15) is 124 Å². The molecule has 4 fully saturated rings. The van der Waals surface area contributed by atoms with Gasteiger partial charge in [0.15, 0.2) is 0 Å². The van der Waals surface area contributed by atoms with Gasteiger partial charge in [-0.2, -0.15) is 0 Å². The largest absolute Gasteiger partial charge is 0.343 e. The Bertz CT molecular complexity index is 2590. The van der Waals surface area contributed by atoms with Crippen LogP contribution < -0.4 is 54.6 Å². The number of nitrogens with two attached hydrogens (primary N) is 3.